The maximum absolute atomic E-state index is 2.46. The normalized spacial score (nSPS) is 11.8. The molecule has 0 saturated carbocycles. The van der Waals surface area contributed by atoms with Crippen LogP contribution in [-0.2, 0) is 0 Å². The summed E-state index contributed by atoms with van der Waals surface area (Å²) in [5.41, 5.74) is 6.07. The first kappa shape index (κ1) is 26.7. The number of anilines is 3. The number of thiophene rings is 2. The van der Waals surface area contributed by atoms with Gasteiger partial charge in [0.05, 0.1) is 5.69 Å². The third-order valence-electron chi connectivity index (χ3n) is 9.44. The quantitative estimate of drug-likeness (QED) is 0.186. The minimum Gasteiger partial charge on any atom is -0.310 e. The maximum Gasteiger partial charge on any atom is 0.0540 e. The maximum atomic E-state index is 2.46. The van der Waals surface area contributed by atoms with Crippen LogP contribution in [-0.4, -0.2) is 0 Å². The SMILES string of the molecule is c1ccc(N(c2ccc3sc4c5ccccc5c(-c5cccc6c5sc5ccccc56)cc4c3c2)c2cccc3ccccc23)cc1. The second-order valence-corrected chi connectivity index (χ2v) is 14.2. The Morgan fingerprint density at radius 2 is 0.979 bits per heavy atom. The van der Waals surface area contributed by atoms with E-state index in [0.29, 0.717) is 0 Å². The van der Waals surface area contributed by atoms with Crippen molar-refractivity contribution in [3.05, 3.63) is 164 Å². The number of fused-ring (bicyclic) bond motifs is 9. The molecule has 0 bridgehead atoms. The van der Waals surface area contributed by atoms with Crippen molar-refractivity contribution in [3.8, 4) is 11.1 Å². The van der Waals surface area contributed by atoms with Crippen molar-refractivity contribution < 1.29 is 0 Å². The van der Waals surface area contributed by atoms with E-state index in [9.17, 15) is 0 Å². The number of nitrogens with zero attached hydrogens (tertiary/aromatic N) is 1. The zero-order valence-corrected chi connectivity index (χ0v) is 27.0. The van der Waals surface area contributed by atoms with E-state index in [4.69, 9.17) is 0 Å². The summed E-state index contributed by atoms with van der Waals surface area (Å²) >= 11 is 3.80. The van der Waals surface area contributed by atoms with Crippen molar-refractivity contribution in [1.82, 2.24) is 0 Å². The molecular formula is C44H27NS2. The second-order valence-electron chi connectivity index (χ2n) is 12.1. The van der Waals surface area contributed by atoms with E-state index in [-0.39, 0.29) is 0 Å². The van der Waals surface area contributed by atoms with Crippen LogP contribution in [0.1, 0.15) is 0 Å². The van der Waals surface area contributed by atoms with Crippen molar-refractivity contribution in [2.75, 3.05) is 4.90 Å². The molecule has 0 radical (unpaired) electrons. The largest absolute Gasteiger partial charge is 0.310 e. The Hall–Kier alpha value is -5.48. The number of para-hydroxylation sites is 1. The third kappa shape index (κ3) is 4.14. The molecule has 0 atom stereocenters. The molecule has 0 aliphatic rings. The zero-order valence-electron chi connectivity index (χ0n) is 25.4. The molecule has 0 saturated heterocycles. The molecule has 0 unspecified atom stereocenters. The van der Waals surface area contributed by atoms with E-state index < -0.39 is 0 Å². The van der Waals surface area contributed by atoms with Crippen molar-refractivity contribution >= 4 is 102 Å². The average Bonchev–Trinajstić information content (AvgIpc) is 3.70. The van der Waals surface area contributed by atoms with Crippen LogP contribution in [0.2, 0.25) is 0 Å². The fraction of sp³-hybridized carbons (Fsp3) is 0. The van der Waals surface area contributed by atoms with E-state index in [1.165, 1.54) is 78.7 Å². The van der Waals surface area contributed by atoms with Crippen LogP contribution < -0.4 is 4.90 Å². The van der Waals surface area contributed by atoms with Gasteiger partial charge in [-0.05, 0) is 64.9 Å². The molecule has 10 rings (SSSR count). The Kier molecular flexibility index (Phi) is 5.98. The van der Waals surface area contributed by atoms with Gasteiger partial charge < -0.3 is 4.90 Å². The van der Waals surface area contributed by atoms with Gasteiger partial charge in [0.25, 0.3) is 0 Å². The van der Waals surface area contributed by atoms with E-state index in [2.05, 4.69) is 169 Å². The number of rotatable bonds is 4. The van der Waals surface area contributed by atoms with Crippen molar-refractivity contribution in [3.63, 3.8) is 0 Å². The van der Waals surface area contributed by atoms with Crippen molar-refractivity contribution in [1.29, 1.82) is 0 Å². The fourth-order valence-electron chi connectivity index (χ4n) is 7.31. The molecule has 0 spiro atoms. The Labute approximate surface area is 280 Å². The Morgan fingerprint density at radius 1 is 0.340 bits per heavy atom. The highest BCUT2D eigenvalue weighted by molar-refractivity contribution is 7.27. The Morgan fingerprint density at radius 3 is 1.87 bits per heavy atom. The lowest BCUT2D eigenvalue weighted by atomic mass is 9.94. The lowest BCUT2D eigenvalue weighted by molar-refractivity contribution is 1.30. The smallest absolute Gasteiger partial charge is 0.0540 e. The summed E-state index contributed by atoms with van der Waals surface area (Å²) in [6.07, 6.45) is 0. The van der Waals surface area contributed by atoms with Gasteiger partial charge in [0, 0.05) is 68.1 Å². The van der Waals surface area contributed by atoms with Crippen LogP contribution in [0.4, 0.5) is 17.1 Å². The second kappa shape index (κ2) is 10.5. The summed E-state index contributed by atoms with van der Waals surface area (Å²) in [6, 6.07) is 60.0. The van der Waals surface area contributed by atoms with Crippen molar-refractivity contribution in [2.24, 2.45) is 0 Å². The summed E-state index contributed by atoms with van der Waals surface area (Å²) in [6.45, 7) is 0. The van der Waals surface area contributed by atoms with E-state index in [0.717, 1.165) is 11.4 Å². The van der Waals surface area contributed by atoms with E-state index in [1.54, 1.807) is 0 Å². The molecule has 0 aliphatic heterocycles. The predicted octanol–water partition coefficient (Wildman–Crippen LogP) is 13.9. The standard InChI is InChI=1S/C44H27NS2/c1-2-14-29(15-3-1)45(40-22-10-13-28-12-4-5-16-31(28)40)30-24-25-42-38(26-30)39-27-37(32-17-6-7-19-34(32)44(39)47-42)36-21-11-20-35-33-18-8-9-23-41(33)46-43(35)36/h1-27H. The van der Waals surface area contributed by atoms with Gasteiger partial charge >= 0.3 is 0 Å². The first-order chi connectivity index (χ1) is 23.3. The molecule has 220 valence electrons. The Bertz CT molecular complexity index is 2800. The molecule has 3 heteroatoms. The van der Waals surface area contributed by atoms with Gasteiger partial charge in [-0.2, -0.15) is 0 Å². The highest BCUT2D eigenvalue weighted by atomic mass is 32.1. The molecule has 1 nitrogen and oxygen atoms in total. The monoisotopic (exact) mass is 633 g/mol. The van der Waals surface area contributed by atoms with Crippen LogP contribution in [0.25, 0.3) is 73.0 Å². The zero-order chi connectivity index (χ0) is 30.9. The van der Waals surface area contributed by atoms with Crippen LogP contribution in [0, 0.1) is 0 Å². The van der Waals surface area contributed by atoms with Crippen LogP contribution in [0.3, 0.4) is 0 Å². The summed E-state index contributed by atoms with van der Waals surface area (Å²) in [4.78, 5) is 2.41. The van der Waals surface area contributed by atoms with Gasteiger partial charge in [0.1, 0.15) is 0 Å². The van der Waals surface area contributed by atoms with Crippen LogP contribution in [0.5, 0.6) is 0 Å². The molecule has 2 aromatic heterocycles. The Balaban J connectivity index is 1.26. The molecule has 10 aromatic rings. The van der Waals surface area contributed by atoms with E-state index >= 15 is 0 Å². The predicted molar refractivity (Wildman–Crippen MR) is 207 cm³/mol. The molecule has 47 heavy (non-hydrogen) atoms. The molecule has 8 aromatic carbocycles. The van der Waals surface area contributed by atoms with Gasteiger partial charge in [-0.3, -0.25) is 0 Å². The van der Waals surface area contributed by atoms with E-state index in [1.807, 2.05) is 22.7 Å². The molecule has 0 aliphatic carbocycles. The molecule has 2 heterocycles. The van der Waals surface area contributed by atoms with Crippen LogP contribution in [0.15, 0.2) is 164 Å². The van der Waals surface area contributed by atoms with Gasteiger partial charge in [-0.25, -0.2) is 0 Å². The molecular weight excluding hydrogens is 607 g/mol. The highest BCUT2D eigenvalue weighted by Crippen LogP contribution is 2.48. The number of hydrogen-bond donors (Lipinski definition) is 0. The van der Waals surface area contributed by atoms with Crippen LogP contribution >= 0.6 is 22.7 Å². The first-order valence-corrected chi connectivity index (χ1v) is 17.6. The topological polar surface area (TPSA) is 3.24 Å². The number of hydrogen-bond acceptors (Lipinski definition) is 3. The molecule has 0 fully saturated rings. The minimum atomic E-state index is 1.14. The summed E-state index contributed by atoms with van der Waals surface area (Å²) in [5.74, 6) is 0. The lowest BCUT2D eigenvalue weighted by Gasteiger charge is -2.27. The summed E-state index contributed by atoms with van der Waals surface area (Å²) < 4.78 is 5.33. The van der Waals surface area contributed by atoms with Crippen molar-refractivity contribution in [2.45, 2.75) is 0 Å². The van der Waals surface area contributed by atoms with Gasteiger partial charge in [0.15, 0.2) is 0 Å². The fourth-order valence-corrected chi connectivity index (χ4v) is 9.75. The van der Waals surface area contributed by atoms with Gasteiger partial charge in [0.2, 0.25) is 0 Å². The molecule has 0 amide bonds. The van der Waals surface area contributed by atoms with Gasteiger partial charge in [-0.1, -0.05) is 115 Å². The first-order valence-electron chi connectivity index (χ1n) is 15.9. The summed E-state index contributed by atoms with van der Waals surface area (Å²) in [7, 11) is 0. The lowest BCUT2D eigenvalue weighted by Crippen LogP contribution is -2.10. The summed E-state index contributed by atoms with van der Waals surface area (Å²) in [5, 5.41) is 10.4. The third-order valence-corrected chi connectivity index (χ3v) is 11.9. The number of benzene rings is 8. The average molecular weight is 634 g/mol. The van der Waals surface area contributed by atoms with Gasteiger partial charge in [-0.15, -0.1) is 22.7 Å². The highest BCUT2D eigenvalue weighted by Gasteiger charge is 2.19. The molecule has 0 N–H and O–H groups in total. The minimum absolute atomic E-state index is 1.14.